The van der Waals surface area contributed by atoms with E-state index in [1.165, 1.54) is 11.8 Å². The summed E-state index contributed by atoms with van der Waals surface area (Å²) in [5, 5.41) is 13.7. The topological polar surface area (TPSA) is 93.3 Å². The van der Waals surface area contributed by atoms with Crippen LogP contribution in [0.5, 0.6) is 0 Å². The first-order chi connectivity index (χ1) is 12.8. The zero-order valence-electron chi connectivity index (χ0n) is 16.3. The summed E-state index contributed by atoms with van der Waals surface area (Å²) in [6.07, 6.45) is 2.60. The molecular formula is C19H27N5O3. The van der Waals surface area contributed by atoms with Crippen molar-refractivity contribution < 1.29 is 9.72 Å². The Kier molecular flexibility index (Phi) is 7.06. The van der Waals surface area contributed by atoms with Gasteiger partial charge in [0.25, 0.3) is 0 Å². The highest BCUT2D eigenvalue weighted by atomic mass is 16.6. The van der Waals surface area contributed by atoms with E-state index in [-0.39, 0.29) is 24.2 Å². The summed E-state index contributed by atoms with van der Waals surface area (Å²) in [7, 11) is 3.97. The van der Waals surface area contributed by atoms with Crippen molar-refractivity contribution in [3.8, 4) is 0 Å². The molecule has 0 radical (unpaired) electrons. The van der Waals surface area contributed by atoms with Crippen LogP contribution in [0.15, 0.2) is 30.5 Å². The van der Waals surface area contributed by atoms with Crippen molar-refractivity contribution in [2.75, 3.05) is 20.6 Å². The smallest absolute Gasteiger partial charge is 0.358 e. The van der Waals surface area contributed by atoms with Crippen molar-refractivity contribution in [2.45, 2.75) is 39.3 Å². The maximum absolute atomic E-state index is 12.2. The molecule has 1 atom stereocenters. The number of nitro groups is 1. The number of nitrogens with zero attached hydrogens (tertiary/aromatic N) is 4. The first-order valence-corrected chi connectivity index (χ1v) is 9.02. The molecule has 0 aliphatic heterocycles. The molecule has 1 aromatic heterocycles. The van der Waals surface area contributed by atoms with E-state index in [1.54, 1.807) is 11.5 Å². The third kappa shape index (κ3) is 5.62. The van der Waals surface area contributed by atoms with Crippen LogP contribution in [-0.4, -0.2) is 45.9 Å². The number of carbonyl (C=O) groups excluding carboxylic acids is 1. The molecular weight excluding hydrogens is 346 g/mol. The maximum atomic E-state index is 12.2. The SMILES string of the molecule is CCc1ccc(C(CNC(=O)CCn2cc([N+](=O)[O-])nc2C)N(C)C)cc1. The molecule has 1 amide bonds. The van der Waals surface area contributed by atoms with Gasteiger partial charge >= 0.3 is 5.82 Å². The third-order valence-electron chi connectivity index (χ3n) is 4.62. The van der Waals surface area contributed by atoms with Crippen molar-refractivity contribution in [3.63, 3.8) is 0 Å². The molecule has 2 aromatic rings. The number of rotatable bonds is 9. The Labute approximate surface area is 159 Å². The lowest BCUT2D eigenvalue weighted by molar-refractivity contribution is -0.389. The van der Waals surface area contributed by atoms with Gasteiger partial charge in [-0.3, -0.25) is 4.79 Å². The van der Waals surface area contributed by atoms with Crippen LogP contribution >= 0.6 is 0 Å². The van der Waals surface area contributed by atoms with Gasteiger partial charge in [0.1, 0.15) is 6.20 Å². The molecule has 1 N–H and O–H groups in total. The Morgan fingerprint density at radius 1 is 1.33 bits per heavy atom. The largest absolute Gasteiger partial charge is 0.381 e. The Balaban J connectivity index is 1.91. The van der Waals surface area contributed by atoms with E-state index < -0.39 is 4.92 Å². The number of hydrogen-bond donors (Lipinski definition) is 1. The van der Waals surface area contributed by atoms with Gasteiger partial charge in [-0.25, -0.2) is 0 Å². The van der Waals surface area contributed by atoms with E-state index in [1.807, 2.05) is 14.1 Å². The minimum atomic E-state index is -0.533. The van der Waals surface area contributed by atoms with Gasteiger partial charge in [-0.2, -0.15) is 0 Å². The van der Waals surface area contributed by atoms with Crippen molar-refractivity contribution in [3.05, 3.63) is 57.5 Å². The number of imidazole rings is 1. The van der Waals surface area contributed by atoms with Crippen LogP contribution in [-0.2, 0) is 17.8 Å². The molecule has 1 aromatic carbocycles. The van der Waals surface area contributed by atoms with Crippen molar-refractivity contribution in [2.24, 2.45) is 0 Å². The Hall–Kier alpha value is -2.74. The molecule has 0 saturated carbocycles. The lowest BCUT2D eigenvalue weighted by Gasteiger charge is -2.25. The maximum Gasteiger partial charge on any atom is 0.381 e. The third-order valence-corrected chi connectivity index (χ3v) is 4.62. The predicted octanol–water partition coefficient (Wildman–Crippen LogP) is 2.47. The van der Waals surface area contributed by atoms with Gasteiger partial charge in [0.2, 0.25) is 11.7 Å². The summed E-state index contributed by atoms with van der Waals surface area (Å²) in [4.78, 5) is 28.4. The number of likely N-dealkylation sites (N-methyl/N-ethyl adjacent to an activating group) is 1. The molecule has 0 bridgehead atoms. The number of amides is 1. The molecule has 0 aliphatic rings. The van der Waals surface area contributed by atoms with Crippen molar-refractivity contribution in [1.82, 2.24) is 19.8 Å². The molecule has 27 heavy (non-hydrogen) atoms. The summed E-state index contributed by atoms with van der Waals surface area (Å²) in [5.41, 5.74) is 2.43. The van der Waals surface area contributed by atoms with Gasteiger partial charge in [0.15, 0.2) is 0 Å². The molecule has 8 heteroatoms. The number of nitrogens with one attached hydrogen (secondary N) is 1. The standard InChI is InChI=1S/C19H27N5O3/c1-5-15-6-8-16(9-7-15)17(22(3)4)12-20-19(25)10-11-23-13-18(24(26)27)21-14(23)2/h6-9,13,17H,5,10-12H2,1-4H3,(H,20,25). The summed E-state index contributed by atoms with van der Waals surface area (Å²) < 4.78 is 1.63. The van der Waals surface area contributed by atoms with Crippen LogP contribution in [0.1, 0.15) is 36.3 Å². The first-order valence-electron chi connectivity index (χ1n) is 9.02. The zero-order chi connectivity index (χ0) is 20.0. The van der Waals surface area contributed by atoms with Crippen LogP contribution in [0.2, 0.25) is 0 Å². The minimum absolute atomic E-state index is 0.0796. The molecule has 1 unspecified atom stereocenters. The van der Waals surface area contributed by atoms with E-state index in [9.17, 15) is 14.9 Å². The van der Waals surface area contributed by atoms with Gasteiger partial charge < -0.3 is 24.9 Å². The highest BCUT2D eigenvalue weighted by Crippen LogP contribution is 2.18. The van der Waals surface area contributed by atoms with E-state index in [0.29, 0.717) is 18.9 Å². The van der Waals surface area contributed by atoms with Crippen LogP contribution < -0.4 is 5.32 Å². The average molecular weight is 373 g/mol. The fourth-order valence-electron chi connectivity index (χ4n) is 2.90. The molecule has 0 saturated heterocycles. The highest BCUT2D eigenvalue weighted by Gasteiger charge is 2.17. The van der Waals surface area contributed by atoms with Crippen molar-refractivity contribution in [1.29, 1.82) is 0 Å². The number of aryl methyl sites for hydroxylation is 3. The number of benzene rings is 1. The van der Waals surface area contributed by atoms with E-state index >= 15 is 0 Å². The summed E-state index contributed by atoms with van der Waals surface area (Å²) >= 11 is 0. The second-order valence-corrected chi connectivity index (χ2v) is 6.73. The molecule has 0 aliphatic carbocycles. The monoisotopic (exact) mass is 373 g/mol. The fourth-order valence-corrected chi connectivity index (χ4v) is 2.90. The Morgan fingerprint density at radius 2 is 2.00 bits per heavy atom. The van der Waals surface area contributed by atoms with Gasteiger partial charge in [0, 0.05) is 26.4 Å². The summed E-state index contributed by atoms with van der Waals surface area (Å²) in [6, 6.07) is 8.51. The second kappa shape index (κ2) is 9.27. The lowest BCUT2D eigenvalue weighted by atomic mass is 10.0. The summed E-state index contributed by atoms with van der Waals surface area (Å²) in [5.74, 6) is 0.232. The Morgan fingerprint density at radius 3 is 2.52 bits per heavy atom. The molecule has 146 valence electrons. The van der Waals surface area contributed by atoms with Crippen LogP contribution in [0.4, 0.5) is 5.82 Å². The lowest BCUT2D eigenvalue weighted by Crippen LogP contribution is -2.34. The first kappa shape index (κ1) is 20.6. The second-order valence-electron chi connectivity index (χ2n) is 6.73. The van der Waals surface area contributed by atoms with Gasteiger partial charge in [-0.1, -0.05) is 31.2 Å². The van der Waals surface area contributed by atoms with E-state index in [4.69, 9.17) is 0 Å². The van der Waals surface area contributed by atoms with Crippen LogP contribution in [0.25, 0.3) is 0 Å². The molecule has 0 spiro atoms. The fraction of sp³-hybridized carbons (Fsp3) is 0.474. The normalized spacial score (nSPS) is 12.2. The summed E-state index contributed by atoms with van der Waals surface area (Å²) in [6.45, 7) is 4.67. The van der Waals surface area contributed by atoms with Gasteiger partial charge in [-0.15, -0.1) is 0 Å². The van der Waals surface area contributed by atoms with E-state index in [0.717, 1.165) is 12.0 Å². The van der Waals surface area contributed by atoms with Gasteiger partial charge in [0.05, 0.1) is 6.04 Å². The molecule has 0 fully saturated rings. The Bertz CT molecular complexity index is 783. The van der Waals surface area contributed by atoms with Crippen LogP contribution in [0, 0.1) is 17.0 Å². The molecule has 8 nitrogen and oxygen atoms in total. The highest BCUT2D eigenvalue weighted by molar-refractivity contribution is 5.75. The molecule has 1 heterocycles. The predicted molar refractivity (Wildman–Crippen MR) is 103 cm³/mol. The number of aromatic nitrogens is 2. The van der Waals surface area contributed by atoms with Crippen molar-refractivity contribution >= 4 is 11.7 Å². The van der Waals surface area contributed by atoms with Gasteiger partial charge in [-0.05, 0) is 41.6 Å². The molecule has 2 rings (SSSR count). The quantitative estimate of drug-likeness (QED) is 0.538. The van der Waals surface area contributed by atoms with Crippen LogP contribution in [0.3, 0.4) is 0 Å². The van der Waals surface area contributed by atoms with E-state index in [2.05, 4.69) is 46.4 Å². The number of carbonyl (C=O) groups is 1. The average Bonchev–Trinajstić information content (AvgIpc) is 3.01. The number of hydrogen-bond acceptors (Lipinski definition) is 5. The minimum Gasteiger partial charge on any atom is -0.358 e. The zero-order valence-corrected chi connectivity index (χ0v) is 16.3.